The van der Waals surface area contributed by atoms with E-state index in [-0.39, 0.29) is 10.9 Å². The fourth-order valence-corrected chi connectivity index (χ4v) is 3.71. The first kappa shape index (κ1) is 14.9. The minimum atomic E-state index is -0.0239. The van der Waals surface area contributed by atoms with Crippen LogP contribution in [0.3, 0.4) is 0 Å². The second-order valence-electron chi connectivity index (χ2n) is 6.92. The Bertz CT molecular complexity index is 1380. The summed E-state index contributed by atoms with van der Waals surface area (Å²) in [6, 6.07) is 15.0. The predicted molar refractivity (Wildman–Crippen MR) is 107 cm³/mol. The Morgan fingerprint density at radius 3 is 1.42 bits per heavy atom. The summed E-state index contributed by atoms with van der Waals surface area (Å²) in [7, 11) is 0. The SMILES string of the molecule is Cc1ccc2[nH]c3c(ccc4c(=O)c5cc(C)ccc5[nH]c43)c(=O)c2c1. The lowest BCUT2D eigenvalue weighted by molar-refractivity contribution is 1.41. The molecule has 126 valence electrons. The standard InChI is InChI=1S/C22H16N2O2/c1-11-3-7-17-15(9-11)21(25)13-5-6-14-20(19(13)23-17)24-18-8-4-12(2)10-16(18)22(14)26/h3-10H,1-2H3,(H,23,25)(H,24,26). The highest BCUT2D eigenvalue weighted by Crippen LogP contribution is 2.24. The Morgan fingerprint density at radius 1 is 0.577 bits per heavy atom. The molecule has 0 saturated carbocycles. The summed E-state index contributed by atoms with van der Waals surface area (Å²) in [6.07, 6.45) is 0. The Kier molecular flexibility index (Phi) is 2.89. The van der Waals surface area contributed by atoms with Gasteiger partial charge >= 0.3 is 0 Å². The number of aromatic amines is 2. The highest BCUT2D eigenvalue weighted by molar-refractivity contribution is 6.09. The molecule has 2 N–H and O–H groups in total. The quantitative estimate of drug-likeness (QED) is 0.326. The topological polar surface area (TPSA) is 65.7 Å². The lowest BCUT2D eigenvalue weighted by atomic mass is 10.0. The van der Waals surface area contributed by atoms with Gasteiger partial charge in [0, 0.05) is 32.6 Å². The number of hydrogen-bond donors (Lipinski definition) is 2. The maximum absolute atomic E-state index is 13.0. The third-order valence-electron chi connectivity index (χ3n) is 5.05. The van der Waals surface area contributed by atoms with E-state index in [9.17, 15) is 9.59 Å². The Labute approximate surface area is 148 Å². The van der Waals surface area contributed by atoms with Gasteiger partial charge in [0.2, 0.25) is 0 Å². The summed E-state index contributed by atoms with van der Waals surface area (Å²) in [5.41, 5.74) is 4.91. The summed E-state index contributed by atoms with van der Waals surface area (Å²) in [4.78, 5) is 32.6. The van der Waals surface area contributed by atoms with Gasteiger partial charge in [0.15, 0.2) is 10.9 Å². The molecule has 0 radical (unpaired) electrons. The van der Waals surface area contributed by atoms with Crippen molar-refractivity contribution in [2.24, 2.45) is 0 Å². The van der Waals surface area contributed by atoms with Crippen LogP contribution in [0.2, 0.25) is 0 Å². The molecular formula is C22H16N2O2. The zero-order chi connectivity index (χ0) is 18.0. The van der Waals surface area contributed by atoms with E-state index in [1.807, 2.05) is 50.2 Å². The molecule has 2 aromatic heterocycles. The molecule has 5 aromatic rings. The molecule has 26 heavy (non-hydrogen) atoms. The van der Waals surface area contributed by atoms with E-state index in [4.69, 9.17) is 0 Å². The lowest BCUT2D eigenvalue weighted by Crippen LogP contribution is -2.09. The molecule has 0 atom stereocenters. The first-order valence-electron chi connectivity index (χ1n) is 8.54. The molecule has 4 nitrogen and oxygen atoms in total. The highest BCUT2D eigenvalue weighted by atomic mass is 16.1. The van der Waals surface area contributed by atoms with Crippen molar-refractivity contribution < 1.29 is 0 Å². The summed E-state index contributed by atoms with van der Waals surface area (Å²) in [5, 5.41) is 2.49. The van der Waals surface area contributed by atoms with Gasteiger partial charge in [0.25, 0.3) is 0 Å². The Hall–Kier alpha value is -3.40. The summed E-state index contributed by atoms with van der Waals surface area (Å²) < 4.78 is 0. The molecule has 2 heterocycles. The van der Waals surface area contributed by atoms with Crippen molar-refractivity contribution in [3.05, 3.63) is 80.1 Å². The van der Waals surface area contributed by atoms with Crippen LogP contribution in [0.1, 0.15) is 11.1 Å². The maximum atomic E-state index is 13.0. The molecule has 0 aliphatic carbocycles. The second kappa shape index (κ2) is 5.05. The van der Waals surface area contributed by atoms with Gasteiger partial charge in [0.1, 0.15) is 0 Å². The monoisotopic (exact) mass is 340 g/mol. The van der Waals surface area contributed by atoms with E-state index in [2.05, 4.69) is 9.97 Å². The van der Waals surface area contributed by atoms with Gasteiger partial charge in [-0.15, -0.1) is 0 Å². The maximum Gasteiger partial charge on any atom is 0.197 e. The van der Waals surface area contributed by atoms with Gasteiger partial charge < -0.3 is 9.97 Å². The van der Waals surface area contributed by atoms with Gasteiger partial charge in [-0.2, -0.15) is 0 Å². The van der Waals surface area contributed by atoms with Crippen LogP contribution in [-0.2, 0) is 0 Å². The number of H-pyrrole nitrogens is 2. The zero-order valence-corrected chi connectivity index (χ0v) is 14.4. The summed E-state index contributed by atoms with van der Waals surface area (Å²) >= 11 is 0. The zero-order valence-electron chi connectivity index (χ0n) is 14.4. The third kappa shape index (κ3) is 1.96. The summed E-state index contributed by atoms with van der Waals surface area (Å²) in [6.45, 7) is 3.93. The smallest absolute Gasteiger partial charge is 0.197 e. The number of rotatable bonds is 0. The number of aromatic nitrogens is 2. The molecule has 0 aliphatic rings. The van der Waals surface area contributed by atoms with Gasteiger partial charge in [0.05, 0.1) is 11.0 Å². The predicted octanol–water partition coefficient (Wildman–Crippen LogP) is 4.29. The Balaban J connectivity index is 2.05. The molecule has 0 amide bonds. The first-order valence-corrected chi connectivity index (χ1v) is 8.54. The van der Waals surface area contributed by atoms with Crippen LogP contribution >= 0.6 is 0 Å². The van der Waals surface area contributed by atoms with Crippen molar-refractivity contribution in [1.82, 2.24) is 9.97 Å². The number of pyridine rings is 2. The fourth-order valence-electron chi connectivity index (χ4n) is 3.71. The molecule has 0 unspecified atom stereocenters. The number of fused-ring (bicyclic) bond motifs is 5. The fraction of sp³-hybridized carbons (Fsp3) is 0.0909. The van der Waals surface area contributed by atoms with Crippen LogP contribution < -0.4 is 10.9 Å². The van der Waals surface area contributed by atoms with Gasteiger partial charge in [-0.05, 0) is 50.2 Å². The molecule has 0 saturated heterocycles. The van der Waals surface area contributed by atoms with Crippen molar-refractivity contribution in [3.63, 3.8) is 0 Å². The minimum Gasteiger partial charge on any atom is -0.353 e. The highest BCUT2D eigenvalue weighted by Gasteiger charge is 2.12. The minimum absolute atomic E-state index is 0.0239. The van der Waals surface area contributed by atoms with E-state index < -0.39 is 0 Å². The number of hydrogen-bond acceptors (Lipinski definition) is 2. The molecule has 0 fully saturated rings. The van der Waals surface area contributed by atoms with Crippen LogP contribution in [0.5, 0.6) is 0 Å². The number of aryl methyl sites for hydroxylation is 2. The lowest BCUT2D eigenvalue weighted by Gasteiger charge is -2.09. The molecule has 5 rings (SSSR count). The Morgan fingerprint density at radius 2 is 1.00 bits per heavy atom. The van der Waals surface area contributed by atoms with Crippen molar-refractivity contribution in [1.29, 1.82) is 0 Å². The second-order valence-corrected chi connectivity index (χ2v) is 6.92. The molecule has 0 aliphatic heterocycles. The van der Waals surface area contributed by atoms with E-state index in [0.29, 0.717) is 32.6 Å². The van der Waals surface area contributed by atoms with Crippen molar-refractivity contribution >= 4 is 43.6 Å². The van der Waals surface area contributed by atoms with Crippen LogP contribution in [-0.4, -0.2) is 9.97 Å². The van der Waals surface area contributed by atoms with Crippen molar-refractivity contribution in [2.75, 3.05) is 0 Å². The molecule has 0 spiro atoms. The van der Waals surface area contributed by atoms with Crippen LogP contribution in [0.4, 0.5) is 0 Å². The van der Waals surface area contributed by atoms with Crippen LogP contribution in [0, 0.1) is 13.8 Å². The van der Waals surface area contributed by atoms with Crippen molar-refractivity contribution in [2.45, 2.75) is 13.8 Å². The molecule has 3 aromatic carbocycles. The van der Waals surface area contributed by atoms with E-state index in [1.54, 1.807) is 12.1 Å². The molecule has 4 heteroatoms. The van der Waals surface area contributed by atoms with E-state index >= 15 is 0 Å². The molecular weight excluding hydrogens is 324 g/mol. The first-order chi connectivity index (χ1) is 12.5. The number of nitrogens with one attached hydrogen (secondary N) is 2. The normalized spacial score (nSPS) is 11.8. The average molecular weight is 340 g/mol. The van der Waals surface area contributed by atoms with Gasteiger partial charge in [-0.3, -0.25) is 9.59 Å². The number of benzene rings is 3. The van der Waals surface area contributed by atoms with Crippen LogP contribution in [0.15, 0.2) is 58.1 Å². The van der Waals surface area contributed by atoms with Crippen molar-refractivity contribution in [3.8, 4) is 0 Å². The van der Waals surface area contributed by atoms with Crippen LogP contribution in [0.25, 0.3) is 43.6 Å². The van der Waals surface area contributed by atoms with Gasteiger partial charge in [-0.1, -0.05) is 23.3 Å². The van der Waals surface area contributed by atoms with E-state index in [0.717, 1.165) is 22.2 Å². The van der Waals surface area contributed by atoms with Gasteiger partial charge in [-0.25, -0.2) is 0 Å². The van der Waals surface area contributed by atoms with E-state index in [1.165, 1.54) is 0 Å². The third-order valence-corrected chi connectivity index (χ3v) is 5.05. The summed E-state index contributed by atoms with van der Waals surface area (Å²) in [5.74, 6) is 0. The average Bonchev–Trinajstić information content (AvgIpc) is 2.63. The molecule has 0 bridgehead atoms. The largest absolute Gasteiger partial charge is 0.353 e.